The second-order valence-corrected chi connectivity index (χ2v) is 3.25. The highest BCUT2D eigenvalue weighted by molar-refractivity contribution is 5.67. The number of imidazole rings is 1. The first kappa shape index (κ1) is 10.8. The Morgan fingerprint density at radius 1 is 1.57 bits per heavy atom. The van der Waals surface area contributed by atoms with Gasteiger partial charge in [0.15, 0.2) is 6.54 Å². The first-order valence-electron chi connectivity index (χ1n) is 4.88. The molecule has 14 heavy (non-hydrogen) atoms. The molecule has 0 saturated heterocycles. The molecule has 0 bridgehead atoms. The Bertz CT molecular complexity index is 294. The van der Waals surface area contributed by atoms with Crippen LogP contribution in [0.15, 0.2) is 18.7 Å². The quantitative estimate of drug-likeness (QED) is 0.515. The minimum absolute atomic E-state index is 0.219. The van der Waals surface area contributed by atoms with E-state index in [2.05, 4.69) is 16.2 Å². The number of aryl methyl sites for hydroxylation is 1. The molecule has 0 atom stereocenters. The molecule has 1 heterocycles. The lowest BCUT2D eigenvalue weighted by molar-refractivity contribution is -0.685. The van der Waals surface area contributed by atoms with Gasteiger partial charge in [0, 0.05) is 0 Å². The SMILES string of the molecule is CCCCn1cc[n+](CC(=O)OC)c1. The predicted molar refractivity (Wildman–Crippen MR) is 51.6 cm³/mol. The molecular formula is C10H17N2O2+. The molecule has 4 heteroatoms. The fourth-order valence-electron chi connectivity index (χ4n) is 1.22. The molecule has 78 valence electrons. The van der Waals surface area contributed by atoms with Gasteiger partial charge in [-0.15, -0.1) is 0 Å². The van der Waals surface area contributed by atoms with Crippen LogP contribution in [0.4, 0.5) is 0 Å². The zero-order valence-corrected chi connectivity index (χ0v) is 8.77. The number of hydrogen-bond acceptors (Lipinski definition) is 2. The van der Waals surface area contributed by atoms with Crippen molar-refractivity contribution >= 4 is 5.97 Å². The van der Waals surface area contributed by atoms with Gasteiger partial charge < -0.3 is 4.74 Å². The number of esters is 1. The Balaban J connectivity index is 2.46. The molecule has 1 rings (SSSR count). The lowest BCUT2D eigenvalue weighted by Crippen LogP contribution is -2.36. The van der Waals surface area contributed by atoms with Gasteiger partial charge in [-0.3, -0.25) is 0 Å². The molecule has 0 amide bonds. The highest BCUT2D eigenvalue weighted by atomic mass is 16.5. The van der Waals surface area contributed by atoms with E-state index in [1.807, 2.05) is 23.3 Å². The van der Waals surface area contributed by atoms with E-state index in [1.165, 1.54) is 13.5 Å². The van der Waals surface area contributed by atoms with Crippen LogP contribution in [0, 0.1) is 0 Å². The molecule has 0 aliphatic heterocycles. The molecular weight excluding hydrogens is 180 g/mol. The van der Waals surface area contributed by atoms with Crippen LogP contribution >= 0.6 is 0 Å². The standard InChI is InChI=1S/C10H17N2O2/c1-3-4-5-11-6-7-12(9-11)8-10(13)14-2/h6-7,9H,3-5,8H2,1-2H3/q+1. The van der Waals surface area contributed by atoms with Crippen molar-refractivity contribution in [3.8, 4) is 0 Å². The van der Waals surface area contributed by atoms with E-state index < -0.39 is 0 Å². The van der Waals surface area contributed by atoms with E-state index in [-0.39, 0.29) is 12.5 Å². The number of unbranched alkanes of at least 4 members (excludes halogenated alkanes) is 1. The van der Waals surface area contributed by atoms with Crippen molar-refractivity contribution < 1.29 is 14.1 Å². The van der Waals surface area contributed by atoms with Crippen molar-refractivity contribution in [1.29, 1.82) is 0 Å². The number of aromatic nitrogens is 2. The van der Waals surface area contributed by atoms with Crippen molar-refractivity contribution in [3.05, 3.63) is 18.7 Å². The Kier molecular flexibility index (Phi) is 4.16. The number of ether oxygens (including phenoxy) is 1. The van der Waals surface area contributed by atoms with Crippen molar-refractivity contribution in [1.82, 2.24) is 4.57 Å². The summed E-state index contributed by atoms with van der Waals surface area (Å²) in [5, 5.41) is 0. The van der Waals surface area contributed by atoms with Gasteiger partial charge in [-0.25, -0.2) is 13.9 Å². The molecule has 0 fully saturated rings. The van der Waals surface area contributed by atoms with E-state index in [1.54, 1.807) is 0 Å². The van der Waals surface area contributed by atoms with Gasteiger partial charge in [0.25, 0.3) is 0 Å². The fraction of sp³-hybridized carbons (Fsp3) is 0.600. The van der Waals surface area contributed by atoms with E-state index in [0.29, 0.717) is 0 Å². The number of rotatable bonds is 5. The molecule has 0 aromatic carbocycles. The maximum Gasteiger partial charge on any atom is 0.348 e. The first-order valence-corrected chi connectivity index (χ1v) is 4.88. The average Bonchev–Trinajstić information content (AvgIpc) is 2.62. The normalized spacial score (nSPS) is 10.1. The Labute approximate surface area is 84.1 Å². The molecule has 4 nitrogen and oxygen atoms in total. The predicted octanol–water partition coefficient (Wildman–Crippen LogP) is 0.749. The third kappa shape index (κ3) is 3.20. The maximum absolute atomic E-state index is 11.0. The Hall–Kier alpha value is -1.32. The van der Waals surface area contributed by atoms with Gasteiger partial charge in [-0.1, -0.05) is 13.3 Å². The summed E-state index contributed by atoms with van der Waals surface area (Å²) in [6, 6.07) is 0. The summed E-state index contributed by atoms with van der Waals surface area (Å²) >= 11 is 0. The van der Waals surface area contributed by atoms with Crippen LogP contribution < -0.4 is 4.57 Å². The van der Waals surface area contributed by atoms with E-state index in [4.69, 9.17) is 0 Å². The van der Waals surface area contributed by atoms with Crippen LogP contribution in [0.25, 0.3) is 0 Å². The molecule has 0 aliphatic carbocycles. The van der Waals surface area contributed by atoms with Gasteiger partial charge >= 0.3 is 5.97 Å². The summed E-state index contributed by atoms with van der Waals surface area (Å²) in [5.74, 6) is -0.219. The second kappa shape index (κ2) is 5.42. The van der Waals surface area contributed by atoms with Gasteiger partial charge in [0.05, 0.1) is 13.7 Å². The highest BCUT2D eigenvalue weighted by Gasteiger charge is 2.08. The first-order chi connectivity index (χ1) is 6.76. The summed E-state index contributed by atoms with van der Waals surface area (Å²) in [4.78, 5) is 11.0. The number of methoxy groups -OCH3 is 1. The molecule has 0 spiro atoms. The van der Waals surface area contributed by atoms with Crippen LogP contribution in [-0.2, 0) is 22.6 Å². The minimum atomic E-state index is -0.219. The minimum Gasteiger partial charge on any atom is -0.466 e. The van der Waals surface area contributed by atoms with Crippen molar-refractivity contribution in [3.63, 3.8) is 0 Å². The molecule has 0 unspecified atom stereocenters. The topological polar surface area (TPSA) is 35.1 Å². The monoisotopic (exact) mass is 197 g/mol. The molecule has 1 aromatic rings. The molecule has 1 aromatic heterocycles. The average molecular weight is 197 g/mol. The molecule has 0 saturated carbocycles. The summed E-state index contributed by atoms with van der Waals surface area (Å²) < 4.78 is 8.47. The third-order valence-electron chi connectivity index (χ3n) is 2.06. The van der Waals surface area contributed by atoms with Gasteiger partial charge in [-0.2, -0.15) is 0 Å². The Morgan fingerprint density at radius 2 is 2.36 bits per heavy atom. The second-order valence-electron chi connectivity index (χ2n) is 3.25. The van der Waals surface area contributed by atoms with Crippen LogP contribution in [-0.4, -0.2) is 17.6 Å². The van der Waals surface area contributed by atoms with Gasteiger partial charge in [-0.05, 0) is 6.42 Å². The summed E-state index contributed by atoms with van der Waals surface area (Å²) in [7, 11) is 1.40. The van der Waals surface area contributed by atoms with Gasteiger partial charge in [0.1, 0.15) is 12.4 Å². The molecule has 0 N–H and O–H groups in total. The van der Waals surface area contributed by atoms with Crippen molar-refractivity contribution in [2.75, 3.05) is 7.11 Å². The van der Waals surface area contributed by atoms with E-state index in [9.17, 15) is 4.79 Å². The molecule has 0 aliphatic rings. The van der Waals surface area contributed by atoms with Gasteiger partial charge in [0.2, 0.25) is 6.33 Å². The molecule has 0 radical (unpaired) electrons. The van der Waals surface area contributed by atoms with E-state index in [0.717, 1.165) is 13.0 Å². The number of hydrogen-bond donors (Lipinski definition) is 0. The summed E-state index contributed by atoms with van der Waals surface area (Å²) in [6.07, 6.45) is 8.11. The smallest absolute Gasteiger partial charge is 0.348 e. The van der Waals surface area contributed by atoms with Crippen molar-refractivity contribution in [2.24, 2.45) is 0 Å². The van der Waals surface area contributed by atoms with E-state index >= 15 is 0 Å². The number of carbonyl (C=O) groups excluding carboxylic acids is 1. The number of nitrogens with zero attached hydrogens (tertiary/aromatic N) is 2. The van der Waals surface area contributed by atoms with Crippen LogP contribution in [0.2, 0.25) is 0 Å². The summed E-state index contributed by atoms with van der Waals surface area (Å²) in [5.41, 5.74) is 0. The highest BCUT2D eigenvalue weighted by Crippen LogP contribution is 1.92. The lowest BCUT2D eigenvalue weighted by Gasteiger charge is -1.94. The van der Waals surface area contributed by atoms with Crippen LogP contribution in [0.5, 0.6) is 0 Å². The summed E-state index contributed by atoms with van der Waals surface area (Å²) in [6.45, 7) is 3.45. The maximum atomic E-state index is 11.0. The van der Waals surface area contributed by atoms with Crippen LogP contribution in [0.1, 0.15) is 19.8 Å². The third-order valence-corrected chi connectivity index (χ3v) is 2.06. The van der Waals surface area contributed by atoms with Crippen molar-refractivity contribution in [2.45, 2.75) is 32.9 Å². The largest absolute Gasteiger partial charge is 0.466 e. The zero-order valence-electron chi connectivity index (χ0n) is 8.77. The fourth-order valence-corrected chi connectivity index (χ4v) is 1.22. The number of carbonyl (C=O) groups is 1. The van der Waals surface area contributed by atoms with Crippen LogP contribution in [0.3, 0.4) is 0 Å². The zero-order chi connectivity index (χ0) is 10.4. The lowest BCUT2D eigenvalue weighted by atomic mass is 10.3. The Morgan fingerprint density at radius 3 is 3.00 bits per heavy atom.